The molecule has 2 amide bonds. The summed E-state index contributed by atoms with van der Waals surface area (Å²) in [5, 5.41) is 53.4. The number of aliphatic hydroxyl groups excluding tert-OH is 3. The summed E-state index contributed by atoms with van der Waals surface area (Å²) in [7, 11) is 0. The normalized spacial score (nSPS) is 21.6. The predicted molar refractivity (Wildman–Crippen MR) is 172 cm³/mol. The lowest BCUT2D eigenvalue weighted by molar-refractivity contribution is -0.272. The zero-order valence-electron chi connectivity index (χ0n) is 27.4. The van der Waals surface area contributed by atoms with Crippen LogP contribution < -0.4 is 10.6 Å². The molecule has 264 valence electrons. The van der Waals surface area contributed by atoms with Gasteiger partial charge in [-0.3, -0.25) is 14.4 Å². The topological polar surface area (TPSA) is 218 Å². The van der Waals surface area contributed by atoms with E-state index in [-0.39, 0.29) is 68.6 Å². The summed E-state index contributed by atoms with van der Waals surface area (Å²) in [6, 6.07) is 10.5. The molecule has 6 atom stereocenters. The van der Waals surface area contributed by atoms with E-state index in [2.05, 4.69) is 20.9 Å². The van der Waals surface area contributed by atoms with E-state index in [1.54, 1.807) is 36.4 Å². The number of phenolic OH excluding ortho intramolecular Hbond substituents is 1. The molecule has 6 N–H and O–H groups in total. The summed E-state index contributed by atoms with van der Waals surface area (Å²) in [6.45, 7) is 5.66. The molecule has 0 aromatic heterocycles. The van der Waals surface area contributed by atoms with Gasteiger partial charge in [0.15, 0.2) is 6.29 Å². The number of carbonyl (C=O) groups excluding carboxylic acids is 3. The van der Waals surface area contributed by atoms with Crippen molar-refractivity contribution in [2.45, 2.75) is 64.3 Å². The van der Waals surface area contributed by atoms with Crippen LogP contribution in [0.4, 0.5) is 11.4 Å². The van der Waals surface area contributed by atoms with Crippen molar-refractivity contribution >= 4 is 29.0 Å². The van der Waals surface area contributed by atoms with Crippen molar-refractivity contribution in [3.63, 3.8) is 0 Å². The van der Waals surface area contributed by atoms with Crippen molar-refractivity contribution in [2.75, 3.05) is 46.2 Å². The average molecular weight is 675 g/mol. The van der Waals surface area contributed by atoms with Gasteiger partial charge in [0.1, 0.15) is 41.6 Å². The predicted octanol–water partition coefficient (Wildman–Crippen LogP) is 1.69. The Morgan fingerprint density at radius 1 is 0.958 bits per heavy atom. The molecule has 48 heavy (non-hydrogen) atoms. The fourth-order valence-electron chi connectivity index (χ4n) is 4.88. The number of phenols is 1. The van der Waals surface area contributed by atoms with E-state index in [4.69, 9.17) is 18.9 Å². The first-order valence-electron chi connectivity index (χ1n) is 15.8. The van der Waals surface area contributed by atoms with E-state index >= 15 is 0 Å². The number of amides is 2. The van der Waals surface area contributed by atoms with Crippen molar-refractivity contribution in [1.82, 2.24) is 10.6 Å². The first-order valence-corrected chi connectivity index (χ1v) is 15.8. The summed E-state index contributed by atoms with van der Waals surface area (Å²) in [4.78, 5) is 35.9. The van der Waals surface area contributed by atoms with Crippen LogP contribution >= 0.6 is 0 Å². The molecule has 3 rings (SSSR count). The Labute approximate surface area is 279 Å². The van der Waals surface area contributed by atoms with Gasteiger partial charge in [-0.25, -0.2) is 0 Å². The minimum absolute atomic E-state index is 0.0280. The maximum Gasteiger partial charge on any atom is 0.251 e. The lowest BCUT2D eigenvalue weighted by atomic mass is 9.95. The van der Waals surface area contributed by atoms with Gasteiger partial charge in [-0.2, -0.15) is 5.11 Å². The van der Waals surface area contributed by atoms with Gasteiger partial charge in [0.05, 0.1) is 45.3 Å². The fraction of sp³-hybridized carbons (Fsp3) is 0.545. The highest BCUT2D eigenvalue weighted by Gasteiger charge is 2.45. The van der Waals surface area contributed by atoms with Crippen LogP contribution in [0, 0.1) is 5.92 Å². The summed E-state index contributed by atoms with van der Waals surface area (Å²) in [5.74, 6) is -0.723. The van der Waals surface area contributed by atoms with Gasteiger partial charge in [-0.15, -0.1) is 5.11 Å². The third-order valence-electron chi connectivity index (χ3n) is 7.55. The third-order valence-corrected chi connectivity index (χ3v) is 7.55. The molecular weight excluding hydrogens is 628 g/mol. The highest BCUT2D eigenvalue weighted by Crippen LogP contribution is 2.30. The lowest BCUT2D eigenvalue weighted by Crippen LogP contribution is -2.64. The monoisotopic (exact) mass is 674 g/mol. The van der Waals surface area contributed by atoms with E-state index in [0.717, 1.165) is 5.56 Å². The van der Waals surface area contributed by atoms with Gasteiger partial charge in [-0.05, 0) is 48.4 Å². The van der Waals surface area contributed by atoms with Crippen LogP contribution in [0.2, 0.25) is 0 Å². The van der Waals surface area contributed by atoms with Crippen LogP contribution in [-0.2, 0) is 35.0 Å². The fourth-order valence-corrected chi connectivity index (χ4v) is 4.88. The number of azo groups is 1. The first kappa shape index (κ1) is 38.6. The van der Waals surface area contributed by atoms with Gasteiger partial charge in [0, 0.05) is 31.4 Å². The van der Waals surface area contributed by atoms with Crippen molar-refractivity contribution in [3.05, 3.63) is 53.6 Å². The van der Waals surface area contributed by atoms with Gasteiger partial charge < -0.3 is 50.0 Å². The molecular formula is C33H46N4O11. The molecule has 0 saturated carbocycles. The average Bonchev–Trinajstić information content (AvgIpc) is 3.08. The number of aliphatic hydroxyl groups is 3. The Bertz CT molecular complexity index is 1360. The smallest absolute Gasteiger partial charge is 0.251 e. The van der Waals surface area contributed by atoms with E-state index in [9.17, 15) is 34.8 Å². The number of ketones is 1. The Balaban J connectivity index is 1.31. The molecule has 2 aromatic rings. The van der Waals surface area contributed by atoms with Crippen molar-refractivity contribution < 1.29 is 53.8 Å². The number of hydrogen-bond acceptors (Lipinski definition) is 13. The molecule has 1 saturated heterocycles. The molecule has 2 aromatic carbocycles. The zero-order valence-corrected chi connectivity index (χ0v) is 27.4. The molecule has 0 spiro atoms. The van der Waals surface area contributed by atoms with Gasteiger partial charge in [0.2, 0.25) is 5.91 Å². The largest absolute Gasteiger partial charge is 0.506 e. The van der Waals surface area contributed by atoms with E-state index < -0.39 is 43.2 Å². The van der Waals surface area contributed by atoms with Crippen molar-refractivity contribution in [2.24, 2.45) is 16.1 Å². The minimum atomic E-state index is -1.39. The van der Waals surface area contributed by atoms with Crippen molar-refractivity contribution in [3.8, 4) is 5.75 Å². The number of benzene rings is 2. The third kappa shape index (κ3) is 12.0. The summed E-state index contributed by atoms with van der Waals surface area (Å²) >= 11 is 0. The van der Waals surface area contributed by atoms with Crippen LogP contribution in [0.5, 0.6) is 5.75 Å². The second kappa shape index (κ2) is 19.9. The number of nitrogens with one attached hydrogen (secondary N) is 2. The van der Waals surface area contributed by atoms with Crippen LogP contribution in [0.3, 0.4) is 0 Å². The lowest BCUT2D eigenvalue weighted by Gasteiger charge is -2.42. The molecule has 0 aliphatic carbocycles. The maximum atomic E-state index is 12.5. The summed E-state index contributed by atoms with van der Waals surface area (Å²) in [6.07, 6.45) is -3.92. The van der Waals surface area contributed by atoms with Crippen LogP contribution in [0.15, 0.2) is 52.7 Å². The van der Waals surface area contributed by atoms with Gasteiger partial charge in [-0.1, -0.05) is 19.9 Å². The quantitative estimate of drug-likeness (QED) is 0.0931. The molecule has 1 aliphatic heterocycles. The summed E-state index contributed by atoms with van der Waals surface area (Å²) < 4.78 is 22.0. The Morgan fingerprint density at radius 3 is 2.31 bits per heavy atom. The standard InChI is InChI=1S/C33H46N4O11/c1-4-26(40)20(2)17-22-5-10-27(41)25(18-22)37-36-24-8-6-23(7-9-24)32(44)34-11-12-45-13-14-46-15-16-47-33-29(35-21(3)39)31(43)30(42)28(19-38)48-33/h5-10,18,20,28-31,33,38,41-43H,4,11-17,19H2,1-3H3,(H,34,44)(H,35,39)/t20?,28?,29?,30-,31?,33+/m0/s1. The first-order chi connectivity index (χ1) is 23.0. The molecule has 15 heteroatoms. The molecule has 4 unspecified atom stereocenters. The van der Waals surface area contributed by atoms with Crippen LogP contribution in [0.1, 0.15) is 43.1 Å². The highest BCUT2D eigenvalue weighted by molar-refractivity contribution is 5.94. The van der Waals surface area contributed by atoms with E-state index in [1.165, 1.54) is 13.0 Å². The molecule has 1 heterocycles. The molecule has 15 nitrogen and oxygen atoms in total. The number of carbonyl (C=O) groups is 3. The Morgan fingerprint density at radius 2 is 1.65 bits per heavy atom. The molecule has 0 radical (unpaired) electrons. The van der Waals surface area contributed by atoms with Gasteiger partial charge >= 0.3 is 0 Å². The molecule has 1 aliphatic rings. The van der Waals surface area contributed by atoms with Crippen LogP contribution in [-0.4, -0.2) is 115 Å². The minimum Gasteiger partial charge on any atom is -0.506 e. The number of nitrogens with zero attached hydrogens (tertiary/aromatic N) is 2. The summed E-state index contributed by atoms with van der Waals surface area (Å²) in [5.41, 5.74) is 2.07. The number of hydrogen-bond donors (Lipinski definition) is 6. The second-order valence-corrected chi connectivity index (χ2v) is 11.3. The number of Topliss-reactive ketones (excluding diaryl/α,β-unsaturated/α-hetero) is 1. The highest BCUT2D eigenvalue weighted by atomic mass is 16.7. The molecule has 1 fully saturated rings. The zero-order chi connectivity index (χ0) is 35.1. The van der Waals surface area contributed by atoms with E-state index in [1.807, 2.05) is 13.8 Å². The maximum absolute atomic E-state index is 12.5. The Hall–Kier alpha value is -3.83. The SMILES string of the molecule is CCC(=O)C(C)Cc1ccc(O)c(N=Nc2ccc(C(=O)NCCOCCOCCO[C@@H]3OC(CO)[C@H](O)C(O)C3NC(C)=O)cc2)c1. The second-order valence-electron chi connectivity index (χ2n) is 11.3. The molecule has 0 bridgehead atoms. The van der Waals surface area contributed by atoms with E-state index in [0.29, 0.717) is 24.1 Å². The van der Waals surface area contributed by atoms with Crippen LogP contribution in [0.25, 0.3) is 0 Å². The number of ether oxygens (including phenoxy) is 4. The van der Waals surface area contributed by atoms with Gasteiger partial charge in [0.25, 0.3) is 5.91 Å². The number of rotatable bonds is 19. The number of aromatic hydroxyl groups is 1. The Kier molecular flexibility index (Phi) is 16.0. The van der Waals surface area contributed by atoms with Crippen molar-refractivity contribution in [1.29, 1.82) is 0 Å².